The molecule has 0 aliphatic carbocycles. The first-order valence-corrected chi connectivity index (χ1v) is 8.68. The van der Waals surface area contributed by atoms with Gasteiger partial charge in [0, 0.05) is 18.2 Å². The molecule has 1 aromatic carbocycles. The van der Waals surface area contributed by atoms with Gasteiger partial charge in [-0.15, -0.1) is 0 Å². The van der Waals surface area contributed by atoms with E-state index in [1.54, 1.807) is 24.3 Å². The Bertz CT molecular complexity index is 553. The molecule has 0 aromatic heterocycles. The van der Waals surface area contributed by atoms with E-state index in [-0.39, 0.29) is 24.0 Å². The summed E-state index contributed by atoms with van der Waals surface area (Å²) < 4.78 is 59.0. The van der Waals surface area contributed by atoms with Crippen LogP contribution in [0.3, 0.4) is 0 Å². The SMILES string of the molecule is O=S1(=O)CCC(Nc2ccc(CCC(F)(F)F)cc2)CC1. The largest absolute Gasteiger partial charge is 0.389 e. The van der Waals surface area contributed by atoms with E-state index < -0.39 is 22.4 Å². The highest BCUT2D eigenvalue weighted by Gasteiger charge is 2.26. The van der Waals surface area contributed by atoms with Gasteiger partial charge in [-0.3, -0.25) is 0 Å². The lowest BCUT2D eigenvalue weighted by Crippen LogP contribution is -2.32. The Labute approximate surface area is 122 Å². The Kier molecular flexibility index (Phi) is 4.81. The highest BCUT2D eigenvalue weighted by molar-refractivity contribution is 7.91. The van der Waals surface area contributed by atoms with E-state index in [1.807, 2.05) is 0 Å². The van der Waals surface area contributed by atoms with Gasteiger partial charge in [-0.25, -0.2) is 8.42 Å². The zero-order valence-electron chi connectivity index (χ0n) is 11.5. The van der Waals surface area contributed by atoms with E-state index in [0.29, 0.717) is 18.4 Å². The molecule has 1 saturated heterocycles. The number of sulfone groups is 1. The van der Waals surface area contributed by atoms with Gasteiger partial charge in [0.2, 0.25) is 0 Å². The third kappa shape index (κ3) is 5.57. The summed E-state index contributed by atoms with van der Waals surface area (Å²) in [5.74, 6) is 0.378. The third-order valence-corrected chi connectivity index (χ3v) is 5.29. The molecule has 0 unspecified atom stereocenters. The molecular weight excluding hydrogens is 303 g/mol. The molecule has 118 valence electrons. The summed E-state index contributed by atoms with van der Waals surface area (Å²) in [5, 5.41) is 3.23. The molecule has 0 atom stereocenters. The molecule has 3 nitrogen and oxygen atoms in total. The Balaban J connectivity index is 1.85. The van der Waals surface area contributed by atoms with E-state index in [0.717, 1.165) is 5.69 Å². The standard InChI is InChI=1S/C14H18F3NO2S/c15-14(16,17)8-5-11-1-3-12(4-2-11)18-13-6-9-21(19,20)10-7-13/h1-4,13,18H,5-10H2. The van der Waals surface area contributed by atoms with E-state index in [2.05, 4.69) is 5.32 Å². The second kappa shape index (κ2) is 6.25. The van der Waals surface area contributed by atoms with E-state index >= 15 is 0 Å². The molecule has 1 heterocycles. The minimum atomic E-state index is -4.13. The number of hydrogen-bond acceptors (Lipinski definition) is 3. The monoisotopic (exact) mass is 321 g/mol. The first kappa shape index (κ1) is 16.1. The van der Waals surface area contributed by atoms with Crippen LogP contribution >= 0.6 is 0 Å². The Morgan fingerprint density at radius 3 is 2.19 bits per heavy atom. The lowest BCUT2D eigenvalue weighted by atomic mass is 10.1. The summed E-state index contributed by atoms with van der Waals surface area (Å²) in [6.45, 7) is 0. The maximum atomic E-state index is 12.1. The van der Waals surface area contributed by atoms with Crippen LogP contribution in [0.4, 0.5) is 18.9 Å². The van der Waals surface area contributed by atoms with Crippen LogP contribution in [-0.2, 0) is 16.3 Å². The lowest BCUT2D eigenvalue weighted by Gasteiger charge is -2.24. The Hall–Kier alpha value is -1.24. The molecule has 21 heavy (non-hydrogen) atoms. The quantitative estimate of drug-likeness (QED) is 0.926. The first-order chi connectivity index (χ1) is 9.73. The van der Waals surface area contributed by atoms with Gasteiger partial charge in [-0.2, -0.15) is 13.2 Å². The predicted molar refractivity (Wildman–Crippen MR) is 76.1 cm³/mol. The highest BCUT2D eigenvalue weighted by atomic mass is 32.2. The zero-order chi connectivity index (χ0) is 15.5. The molecule has 0 spiro atoms. The molecule has 0 radical (unpaired) electrons. The molecule has 2 rings (SSSR count). The Morgan fingerprint density at radius 2 is 1.67 bits per heavy atom. The van der Waals surface area contributed by atoms with Crippen molar-refractivity contribution in [3.8, 4) is 0 Å². The van der Waals surface area contributed by atoms with Gasteiger partial charge >= 0.3 is 6.18 Å². The normalized spacial score (nSPS) is 19.4. The molecular formula is C14H18F3NO2S. The number of alkyl halides is 3. The fraction of sp³-hybridized carbons (Fsp3) is 0.571. The fourth-order valence-corrected chi connectivity index (χ4v) is 3.82. The van der Waals surface area contributed by atoms with Gasteiger partial charge < -0.3 is 5.32 Å². The summed E-state index contributed by atoms with van der Waals surface area (Å²) >= 11 is 0. The molecule has 1 aromatic rings. The average molecular weight is 321 g/mol. The van der Waals surface area contributed by atoms with Crippen LogP contribution < -0.4 is 5.32 Å². The number of halogens is 3. The second-order valence-corrected chi connectivity index (χ2v) is 7.69. The second-order valence-electron chi connectivity index (χ2n) is 5.38. The van der Waals surface area contributed by atoms with Crippen molar-refractivity contribution in [2.24, 2.45) is 0 Å². The number of rotatable bonds is 4. The lowest BCUT2D eigenvalue weighted by molar-refractivity contribution is -0.133. The van der Waals surface area contributed by atoms with Crippen LogP contribution in [0.2, 0.25) is 0 Å². The molecule has 1 aliphatic rings. The van der Waals surface area contributed by atoms with Crippen molar-refractivity contribution >= 4 is 15.5 Å². The summed E-state index contributed by atoms with van der Waals surface area (Å²) in [7, 11) is -2.88. The minimum Gasteiger partial charge on any atom is -0.382 e. The van der Waals surface area contributed by atoms with Gasteiger partial charge in [0.15, 0.2) is 0 Å². The number of nitrogens with one attached hydrogen (secondary N) is 1. The highest BCUT2D eigenvalue weighted by Crippen LogP contribution is 2.23. The van der Waals surface area contributed by atoms with Crippen molar-refractivity contribution in [2.75, 3.05) is 16.8 Å². The summed E-state index contributed by atoms with van der Waals surface area (Å²) in [6.07, 6.45) is -3.84. The van der Waals surface area contributed by atoms with Gasteiger partial charge in [0.05, 0.1) is 11.5 Å². The molecule has 0 bridgehead atoms. The van der Waals surface area contributed by atoms with E-state index in [1.165, 1.54) is 0 Å². The zero-order valence-corrected chi connectivity index (χ0v) is 12.3. The summed E-state index contributed by atoms with van der Waals surface area (Å²) in [4.78, 5) is 0. The topological polar surface area (TPSA) is 46.2 Å². The third-order valence-electron chi connectivity index (χ3n) is 3.58. The van der Waals surface area contributed by atoms with E-state index in [4.69, 9.17) is 0 Å². The first-order valence-electron chi connectivity index (χ1n) is 6.86. The number of benzene rings is 1. The molecule has 0 saturated carbocycles. The molecule has 1 aliphatic heterocycles. The van der Waals surface area contributed by atoms with Gasteiger partial charge in [-0.1, -0.05) is 12.1 Å². The number of anilines is 1. The van der Waals surface area contributed by atoms with Crippen LogP contribution in [0, 0.1) is 0 Å². The van der Waals surface area contributed by atoms with Crippen molar-refractivity contribution in [3.05, 3.63) is 29.8 Å². The maximum Gasteiger partial charge on any atom is 0.389 e. The van der Waals surface area contributed by atoms with Crippen molar-refractivity contribution in [1.82, 2.24) is 0 Å². The van der Waals surface area contributed by atoms with Crippen LogP contribution in [0.5, 0.6) is 0 Å². The predicted octanol–water partition coefficient (Wildman–Crippen LogP) is 3.17. The van der Waals surface area contributed by atoms with Crippen molar-refractivity contribution in [2.45, 2.75) is 37.9 Å². The van der Waals surface area contributed by atoms with Gasteiger partial charge in [0.25, 0.3) is 0 Å². The average Bonchev–Trinajstić information content (AvgIpc) is 2.40. The summed E-state index contributed by atoms with van der Waals surface area (Å²) in [5.41, 5.74) is 1.46. The van der Waals surface area contributed by atoms with Crippen LogP contribution in [0.1, 0.15) is 24.8 Å². The molecule has 0 amide bonds. The molecule has 1 fully saturated rings. The van der Waals surface area contributed by atoms with Gasteiger partial charge in [0.1, 0.15) is 9.84 Å². The van der Waals surface area contributed by atoms with Crippen LogP contribution in [-0.4, -0.2) is 32.1 Å². The van der Waals surface area contributed by atoms with Crippen molar-refractivity contribution in [3.63, 3.8) is 0 Å². The number of hydrogen-bond donors (Lipinski definition) is 1. The number of aryl methyl sites for hydroxylation is 1. The van der Waals surface area contributed by atoms with Crippen molar-refractivity contribution < 1.29 is 21.6 Å². The molecule has 7 heteroatoms. The minimum absolute atomic E-state index is 0.0224. The molecule has 1 N–H and O–H groups in total. The van der Waals surface area contributed by atoms with Crippen LogP contribution in [0.25, 0.3) is 0 Å². The van der Waals surface area contributed by atoms with E-state index in [9.17, 15) is 21.6 Å². The van der Waals surface area contributed by atoms with Crippen LogP contribution in [0.15, 0.2) is 24.3 Å². The van der Waals surface area contributed by atoms with Gasteiger partial charge in [-0.05, 0) is 37.0 Å². The van der Waals surface area contributed by atoms with Crippen molar-refractivity contribution in [1.29, 1.82) is 0 Å². The summed E-state index contributed by atoms with van der Waals surface area (Å²) in [6, 6.07) is 6.94. The fourth-order valence-electron chi connectivity index (χ4n) is 2.32. The smallest absolute Gasteiger partial charge is 0.382 e. The maximum absolute atomic E-state index is 12.1. The Morgan fingerprint density at radius 1 is 1.10 bits per heavy atom.